The Hall–Kier alpha value is -0.520. The summed E-state index contributed by atoms with van der Waals surface area (Å²) >= 11 is 0. The minimum atomic E-state index is 0.197. The van der Waals surface area contributed by atoms with Crippen LogP contribution in [0.2, 0.25) is 0 Å². The number of hydrogen-bond acceptors (Lipinski definition) is 2. The minimum absolute atomic E-state index is 0.197. The van der Waals surface area contributed by atoms with E-state index in [9.17, 15) is 0 Å². The van der Waals surface area contributed by atoms with Gasteiger partial charge in [0, 0.05) is 12.5 Å². The standard InChI is InChI=1S/C8H13NO/c1-3-8(9-2)7-4-5-10-6-7/h1,7-9H,4-6H2,2H3. The molecule has 0 amide bonds. The fraction of sp³-hybridized carbons (Fsp3) is 0.750. The third kappa shape index (κ3) is 1.50. The maximum atomic E-state index is 5.30. The number of nitrogens with one attached hydrogen (secondary N) is 1. The van der Waals surface area contributed by atoms with Gasteiger partial charge in [0.25, 0.3) is 0 Å². The molecule has 1 fully saturated rings. The summed E-state index contributed by atoms with van der Waals surface area (Å²) in [5.41, 5.74) is 0. The van der Waals surface area contributed by atoms with Gasteiger partial charge in [-0.2, -0.15) is 0 Å². The second kappa shape index (κ2) is 3.60. The van der Waals surface area contributed by atoms with Gasteiger partial charge in [-0.1, -0.05) is 5.92 Å². The van der Waals surface area contributed by atoms with Crippen LogP contribution in [0.1, 0.15) is 6.42 Å². The van der Waals surface area contributed by atoms with Crippen LogP contribution in [0.15, 0.2) is 0 Å². The summed E-state index contributed by atoms with van der Waals surface area (Å²) in [6.45, 7) is 1.68. The van der Waals surface area contributed by atoms with Crippen LogP contribution in [0.25, 0.3) is 0 Å². The van der Waals surface area contributed by atoms with Crippen molar-refractivity contribution in [3.05, 3.63) is 0 Å². The van der Waals surface area contributed by atoms with Gasteiger partial charge in [-0.25, -0.2) is 0 Å². The zero-order valence-electron chi connectivity index (χ0n) is 6.26. The maximum absolute atomic E-state index is 5.30. The fourth-order valence-electron chi connectivity index (χ4n) is 1.27. The summed E-state index contributed by atoms with van der Waals surface area (Å²) in [6, 6.07) is 0.197. The second-order valence-electron chi connectivity index (χ2n) is 2.56. The van der Waals surface area contributed by atoms with Gasteiger partial charge in [0.1, 0.15) is 0 Å². The van der Waals surface area contributed by atoms with Gasteiger partial charge in [-0.05, 0) is 13.5 Å². The molecule has 0 spiro atoms. The third-order valence-corrected chi connectivity index (χ3v) is 1.93. The highest BCUT2D eigenvalue weighted by molar-refractivity contribution is 5.02. The summed E-state index contributed by atoms with van der Waals surface area (Å²) in [5.74, 6) is 3.23. The van der Waals surface area contributed by atoms with Gasteiger partial charge in [0.2, 0.25) is 0 Å². The Morgan fingerprint density at radius 1 is 1.80 bits per heavy atom. The van der Waals surface area contributed by atoms with E-state index in [4.69, 9.17) is 11.2 Å². The van der Waals surface area contributed by atoms with Crippen molar-refractivity contribution in [2.75, 3.05) is 20.3 Å². The van der Waals surface area contributed by atoms with E-state index in [0.717, 1.165) is 19.6 Å². The molecular formula is C8H13NO. The Kier molecular flexibility index (Phi) is 2.73. The molecule has 0 saturated carbocycles. The average molecular weight is 139 g/mol. The van der Waals surface area contributed by atoms with E-state index in [1.807, 2.05) is 7.05 Å². The van der Waals surface area contributed by atoms with Crippen LogP contribution < -0.4 is 5.32 Å². The Morgan fingerprint density at radius 2 is 2.60 bits per heavy atom. The summed E-state index contributed by atoms with van der Waals surface area (Å²) in [5, 5.41) is 3.08. The van der Waals surface area contributed by atoms with Crippen molar-refractivity contribution in [1.29, 1.82) is 0 Å². The van der Waals surface area contributed by atoms with Gasteiger partial charge in [-0.15, -0.1) is 6.42 Å². The van der Waals surface area contributed by atoms with Crippen molar-refractivity contribution in [2.24, 2.45) is 5.92 Å². The zero-order valence-corrected chi connectivity index (χ0v) is 6.26. The third-order valence-electron chi connectivity index (χ3n) is 1.93. The molecule has 0 aromatic carbocycles. The van der Waals surface area contributed by atoms with Crippen molar-refractivity contribution < 1.29 is 4.74 Å². The SMILES string of the molecule is C#CC(NC)C1CCOC1. The molecule has 1 rings (SSSR count). The van der Waals surface area contributed by atoms with Crippen molar-refractivity contribution in [3.63, 3.8) is 0 Å². The van der Waals surface area contributed by atoms with Crippen molar-refractivity contribution >= 4 is 0 Å². The largest absolute Gasteiger partial charge is 0.381 e. The van der Waals surface area contributed by atoms with Crippen LogP contribution in [0.4, 0.5) is 0 Å². The first-order chi connectivity index (χ1) is 4.88. The number of rotatable bonds is 2. The predicted molar refractivity (Wildman–Crippen MR) is 40.6 cm³/mol. The van der Waals surface area contributed by atoms with Crippen LogP contribution in [-0.2, 0) is 4.74 Å². The molecule has 1 aliphatic rings. The van der Waals surface area contributed by atoms with E-state index in [1.54, 1.807) is 0 Å². The molecule has 2 nitrogen and oxygen atoms in total. The second-order valence-corrected chi connectivity index (χ2v) is 2.56. The molecule has 2 heteroatoms. The fourth-order valence-corrected chi connectivity index (χ4v) is 1.27. The molecule has 56 valence electrons. The lowest BCUT2D eigenvalue weighted by atomic mass is 10.0. The van der Waals surface area contributed by atoms with Gasteiger partial charge in [-0.3, -0.25) is 0 Å². The summed E-state index contributed by atoms with van der Waals surface area (Å²) in [6.07, 6.45) is 6.39. The highest BCUT2D eigenvalue weighted by Gasteiger charge is 2.22. The van der Waals surface area contributed by atoms with Crippen LogP contribution in [0, 0.1) is 18.3 Å². The normalized spacial score (nSPS) is 27.8. The van der Waals surface area contributed by atoms with E-state index in [2.05, 4.69) is 11.2 Å². The monoisotopic (exact) mass is 139 g/mol. The Morgan fingerprint density at radius 3 is 3.00 bits per heavy atom. The topological polar surface area (TPSA) is 21.3 Å². The predicted octanol–water partition coefficient (Wildman–Crippen LogP) is 0.244. The molecule has 1 aliphatic heterocycles. The van der Waals surface area contributed by atoms with Crippen molar-refractivity contribution in [2.45, 2.75) is 12.5 Å². The Bertz CT molecular complexity index is 133. The first-order valence-electron chi connectivity index (χ1n) is 3.59. The molecule has 10 heavy (non-hydrogen) atoms. The van der Waals surface area contributed by atoms with E-state index >= 15 is 0 Å². The van der Waals surface area contributed by atoms with Crippen molar-refractivity contribution in [1.82, 2.24) is 5.32 Å². The zero-order chi connectivity index (χ0) is 7.40. The van der Waals surface area contributed by atoms with E-state index in [1.165, 1.54) is 0 Å². The molecule has 0 bridgehead atoms. The maximum Gasteiger partial charge on any atom is 0.0736 e. The summed E-state index contributed by atoms with van der Waals surface area (Å²) in [7, 11) is 1.89. The lowest BCUT2D eigenvalue weighted by Crippen LogP contribution is -2.32. The van der Waals surface area contributed by atoms with Gasteiger partial charge in [0.15, 0.2) is 0 Å². The molecule has 2 atom stereocenters. The number of terminal acetylenes is 1. The molecule has 2 unspecified atom stereocenters. The Labute approximate surface area is 62.0 Å². The van der Waals surface area contributed by atoms with E-state index in [0.29, 0.717) is 5.92 Å². The summed E-state index contributed by atoms with van der Waals surface area (Å²) in [4.78, 5) is 0. The van der Waals surface area contributed by atoms with Gasteiger partial charge >= 0.3 is 0 Å². The first-order valence-corrected chi connectivity index (χ1v) is 3.59. The first kappa shape index (κ1) is 7.59. The quantitative estimate of drug-likeness (QED) is 0.553. The number of hydrogen-bond donors (Lipinski definition) is 1. The number of ether oxygens (including phenoxy) is 1. The van der Waals surface area contributed by atoms with Crippen LogP contribution in [-0.4, -0.2) is 26.3 Å². The average Bonchev–Trinajstić information content (AvgIpc) is 2.43. The van der Waals surface area contributed by atoms with E-state index < -0.39 is 0 Å². The van der Waals surface area contributed by atoms with Crippen LogP contribution >= 0.6 is 0 Å². The van der Waals surface area contributed by atoms with Crippen LogP contribution in [0.3, 0.4) is 0 Å². The van der Waals surface area contributed by atoms with Crippen molar-refractivity contribution in [3.8, 4) is 12.3 Å². The van der Waals surface area contributed by atoms with Crippen LogP contribution in [0.5, 0.6) is 0 Å². The molecule has 0 aromatic rings. The molecule has 0 radical (unpaired) electrons. The molecule has 0 aromatic heterocycles. The lowest BCUT2D eigenvalue weighted by Gasteiger charge is -2.14. The smallest absolute Gasteiger partial charge is 0.0736 e. The highest BCUT2D eigenvalue weighted by atomic mass is 16.5. The van der Waals surface area contributed by atoms with Gasteiger partial charge < -0.3 is 10.1 Å². The molecular weight excluding hydrogens is 126 g/mol. The Balaban J connectivity index is 2.38. The molecule has 1 saturated heterocycles. The van der Waals surface area contributed by atoms with E-state index in [-0.39, 0.29) is 6.04 Å². The minimum Gasteiger partial charge on any atom is -0.381 e. The molecule has 1 heterocycles. The highest BCUT2D eigenvalue weighted by Crippen LogP contribution is 2.15. The van der Waals surface area contributed by atoms with Gasteiger partial charge in [0.05, 0.1) is 12.6 Å². The molecule has 1 N–H and O–H groups in total. The lowest BCUT2D eigenvalue weighted by molar-refractivity contribution is 0.182. The summed E-state index contributed by atoms with van der Waals surface area (Å²) < 4.78 is 5.21. The molecule has 0 aliphatic carbocycles.